The van der Waals surface area contributed by atoms with Crippen molar-refractivity contribution < 1.29 is 9.53 Å². The standard InChI is InChI=1S/C11H15BrN2O2/c1-16-7-10(11(13)15)14-6-8-4-2-3-5-9(8)12/h2-5,10,14H,6-7H2,1H3,(H2,13,15). The van der Waals surface area contributed by atoms with Crippen LogP contribution in [0.5, 0.6) is 0 Å². The van der Waals surface area contributed by atoms with Crippen LogP contribution < -0.4 is 11.1 Å². The van der Waals surface area contributed by atoms with Gasteiger partial charge in [-0.05, 0) is 11.6 Å². The Balaban J connectivity index is 2.55. The number of carbonyl (C=O) groups is 1. The third kappa shape index (κ3) is 3.92. The first-order valence-electron chi connectivity index (χ1n) is 4.90. The van der Waals surface area contributed by atoms with Crippen LogP contribution >= 0.6 is 15.9 Å². The summed E-state index contributed by atoms with van der Waals surface area (Å²) in [6.45, 7) is 0.845. The molecule has 1 rings (SSSR count). The Labute approximate surface area is 103 Å². The van der Waals surface area contributed by atoms with Gasteiger partial charge in [-0.1, -0.05) is 34.1 Å². The third-order valence-electron chi connectivity index (χ3n) is 2.17. The number of hydrogen-bond donors (Lipinski definition) is 2. The second kappa shape index (κ2) is 6.62. The molecule has 0 aliphatic carbocycles. The number of rotatable bonds is 6. The minimum atomic E-state index is -0.461. The van der Waals surface area contributed by atoms with E-state index in [1.165, 1.54) is 7.11 Å². The predicted molar refractivity (Wildman–Crippen MR) is 65.8 cm³/mol. The van der Waals surface area contributed by atoms with Crippen LogP contribution in [0.4, 0.5) is 0 Å². The Kier molecular flexibility index (Phi) is 5.45. The highest BCUT2D eigenvalue weighted by molar-refractivity contribution is 9.10. The van der Waals surface area contributed by atoms with E-state index in [1.54, 1.807) is 0 Å². The van der Waals surface area contributed by atoms with Gasteiger partial charge in [0.05, 0.1) is 6.61 Å². The van der Waals surface area contributed by atoms with Crippen LogP contribution in [-0.4, -0.2) is 25.7 Å². The van der Waals surface area contributed by atoms with Gasteiger partial charge in [0.1, 0.15) is 6.04 Å². The molecule has 1 aromatic rings. The molecule has 5 heteroatoms. The molecule has 0 aliphatic heterocycles. The van der Waals surface area contributed by atoms with Crippen molar-refractivity contribution in [2.75, 3.05) is 13.7 Å². The van der Waals surface area contributed by atoms with Gasteiger partial charge in [0.15, 0.2) is 0 Å². The zero-order chi connectivity index (χ0) is 12.0. The van der Waals surface area contributed by atoms with Crippen molar-refractivity contribution in [2.24, 2.45) is 5.73 Å². The number of primary amides is 1. The molecule has 4 nitrogen and oxygen atoms in total. The lowest BCUT2D eigenvalue weighted by Gasteiger charge is -2.14. The average Bonchev–Trinajstić information content (AvgIpc) is 2.26. The minimum Gasteiger partial charge on any atom is -0.383 e. The SMILES string of the molecule is COCC(NCc1ccccc1Br)C(N)=O. The van der Waals surface area contributed by atoms with Gasteiger partial charge in [0, 0.05) is 18.1 Å². The van der Waals surface area contributed by atoms with E-state index >= 15 is 0 Å². The monoisotopic (exact) mass is 286 g/mol. The number of nitrogens with one attached hydrogen (secondary N) is 1. The van der Waals surface area contributed by atoms with E-state index in [-0.39, 0.29) is 6.61 Å². The molecule has 3 N–H and O–H groups in total. The van der Waals surface area contributed by atoms with Crippen molar-refractivity contribution in [1.82, 2.24) is 5.32 Å². The summed E-state index contributed by atoms with van der Waals surface area (Å²) < 4.78 is 5.91. The summed E-state index contributed by atoms with van der Waals surface area (Å²) in [5, 5.41) is 3.05. The number of halogens is 1. The van der Waals surface area contributed by atoms with Crippen molar-refractivity contribution in [2.45, 2.75) is 12.6 Å². The van der Waals surface area contributed by atoms with Crippen LogP contribution in [-0.2, 0) is 16.1 Å². The molecule has 0 bridgehead atoms. The summed E-state index contributed by atoms with van der Waals surface area (Å²) in [4.78, 5) is 11.1. The number of methoxy groups -OCH3 is 1. The maximum absolute atomic E-state index is 11.1. The lowest BCUT2D eigenvalue weighted by Crippen LogP contribution is -2.44. The number of amides is 1. The van der Waals surface area contributed by atoms with E-state index in [0.29, 0.717) is 6.54 Å². The summed E-state index contributed by atoms with van der Waals surface area (Å²) in [7, 11) is 1.54. The predicted octanol–water partition coefficient (Wildman–Crippen LogP) is 1.04. The van der Waals surface area contributed by atoms with Gasteiger partial charge in [-0.2, -0.15) is 0 Å². The van der Waals surface area contributed by atoms with Crippen LogP contribution in [0.1, 0.15) is 5.56 Å². The fourth-order valence-electron chi connectivity index (χ4n) is 1.28. The van der Waals surface area contributed by atoms with Gasteiger partial charge in [0.2, 0.25) is 5.91 Å². The second-order valence-electron chi connectivity index (χ2n) is 3.38. The van der Waals surface area contributed by atoms with Gasteiger partial charge in [-0.25, -0.2) is 0 Å². The van der Waals surface area contributed by atoms with E-state index < -0.39 is 11.9 Å². The first-order chi connectivity index (χ1) is 7.65. The number of carbonyl (C=O) groups excluding carboxylic acids is 1. The van der Waals surface area contributed by atoms with Crippen molar-refractivity contribution in [3.05, 3.63) is 34.3 Å². The van der Waals surface area contributed by atoms with Gasteiger partial charge in [-0.15, -0.1) is 0 Å². The molecular formula is C11H15BrN2O2. The topological polar surface area (TPSA) is 64.3 Å². The molecule has 0 fully saturated rings. The van der Waals surface area contributed by atoms with Gasteiger partial charge in [-0.3, -0.25) is 10.1 Å². The van der Waals surface area contributed by atoms with Crippen LogP contribution in [0.15, 0.2) is 28.7 Å². The van der Waals surface area contributed by atoms with Crippen molar-refractivity contribution in [3.8, 4) is 0 Å². The highest BCUT2D eigenvalue weighted by Crippen LogP contribution is 2.15. The highest BCUT2D eigenvalue weighted by Gasteiger charge is 2.14. The summed E-state index contributed by atoms with van der Waals surface area (Å²) in [6.07, 6.45) is 0. The first-order valence-corrected chi connectivity index (χ1v) is 5.69. The van der Waals surface area contributed by atoms with E-state index in [1.807, 2.05) is 24.3 Å². The Morgan fingerprint density at radius 1 is 1.56 bits per heavy atom. The highest BCUT2D eigenvalue weighted by atomic mass is 79.9. The lowest BCUT2D eigenvalue weighted by atomic mass is 10.2. The molecule has 1 unspecified atom stereocenters. The third-order valence-corrected chi connectivity index (χ3v) is 2.95. The second-order valence-corrected chi connectivity index (χ2v) is 4.24. The van der Waals surface area contributed by atoms with Gasteiger partial charge >= 0.3 is 0 Å². The van der Waals surface area contributed by atoms with E-state index in [0.717, 1.165) is 10.0 Å². The van der Waals surface area contributed by atoms with Crippen LogP contribution in [0.3, 0.4) is 0 Å². The lowest BCUT2D eigenvalue weighted by molar-refractivity contribution is -0.121. The van der Waals surface area contributed by atoms with E-state index in [2.05, 4.69) is 21.2 Å². The molecule has 88 valence electrons. The zero-order valence-corrected chi connectivity index (χ0v) is 10.7. The summed E-state index contributed by atoms with van der Waals surface area (Å²) in [5.41, 5.74) is 6.31. The molecule has 1 amide bonds. The fraction of sp³-hybridized carbons (Fsp3) is 0.364. The summed E-state index contributed by atoms with van der Waals surface area (Å²) in [6, 6.07) is 7.34. The van der Waals surface area contributed by atoms with Crippen molar-refractivity contribution in [3.63, 3.8) is 0 Å². The molecular weight excluding hydrogens is 272 g/mol. The molecule has 1 aromatic carbocycles. The Hall–Kier alpha value is -0.910. The first kappa shape index (κ1) is 13.2. The molecule has 0 radical (unpaired) electrons. The largest absolute Gasteiger partial charge is 0.383 e. The minimum absolute atomic E-state index is 0.278. The molecule has 0 saturated carbocycles. The van der Waals surface area contributed by atoms with Crippen LogP contribution in [0, 0.1) is 0 Å². The molecule has 16 heavy (non-hydrogen) atoms. The number of ether oxygens (including phenoxy) is 1. The van der Waals surface area contributed by atoms with Crippen LogP contribution in [0.2, 0.25) is 0 Å². The fourth-order valence-corrected chi connectivity index (χ4v) is 1.71. The Morgan fingerprint density at radius 2 is 2.25 bits per heavy atom. The van der Waals surface area contributed by atoms with Crippen molar-refractivity contribution >= 4 is 21.8 Å². The number of nitrogens with two attached hydrogens (primary N) is 1. The number of hydrogen-bond acceptors (Lipinski definition) is 3. The van der Waals surface area contributed by atoms with E-state index in [4.69, 9.17) is 10.5 Å². The Bertz CT molecular complexity index is 358. The van der Waals surface area contributed by atoms with Crippen molar-refractivity contribution in [1.29, 1.82) is 0 Å². The maximum Gasteiger partial charge on any atom is 0.236 e. The summed E-state index contributed by atoms with van der Waals surface area (Å²) >= 11 is 3.43. The summed E-state index contributed by atoms with van der Waals surface area (Å²) in [5.74, 6) is -0.408. The molecule has 0 aliphatic rings. The molecule has 0 aromatic heterocycles. The zero-order valence-electron chi connectivity index (χ0n) is 9.07. The molecule has 1 atom stereocenters. The van der Waals surface area contributed by atoms with E-state index in [9.17, 15) is 4.79 Å². The molecule has 0 spiro atoms. The number of benzene rings is 1. The Morgan fingerprint density at radius 3 is 2.81 bits per heavy atom. The molecule has 0 heterocycles. The normalized spacial score (nSPS) is 12.4. The van der Waals surface area contributed by atoms with Gasteiger partial charge in [0.25, 0.3) is 0 Å². The van der Waals surface area contributed by atoms with Crippen LogP contribution in [0.25, 0.3) is 0 Å². The van der Waals surface area contributed by atoms with Gasteiger partial charge < -0.3 is 10.5 Å². The molecule has 0 saturated heterocycles. The smallest absolute Gasteiger partial charge is 0.236 e. The maximum atomic E-state index is 11.1. The average molecular weight is 287 g/mol. The quantitative estimate of drug-likeness (QED) is 0.821.